The fourth-order valence-electron chi connectivity index (χ4n) is 4.06. The number of aliphatic imine (C=N–C) groups is 1. The average molecular weight is 384 g/mol. The largest absolute Gasteiger partial charge is 0.487 e. The molecule has 1 aliphatic heterocycles. The van der Waals surface area contributed by atoms with Crippen molar-refractivity contribution in [3.63, 3.8) is 0 Å². The minimum Gasteiger partial charge on any atom is -0.487 e. The Balaban J connectivity index is 1.76. The molecule has 1 aromatic heterocycles. The molecule has 6 heteroatoms. The van der Waals surface area contributed by atoms with Gasteiger partial charge in [-0.2, -0.15) is 5.10 Å². The maximum absolute atomic E-state index is 6.15. The Labute approximate surface area is 168 Å². The van der Waals surface area contributed by atoms with Crippen LogP contribution in [0.15, 0.2) is 29.3 Å². The number of benzene rings is 1. The Bertz CT molecular complexity index is 853. The van der Waals surface area contributed by atoms with Crippen molar-refractivity contribution >= 4 is 5.96 Å². The zero-order valence-electron chi connectivity index (χ0n) is 18.0. The first kappa shape index (κ1) is 20.2. The highest BCUT2D eigenvalue weighted by Crippen LogP contribution is 2.39. The number of hydrogen-bond donors (Lipinski definition) is 2. The molecular weight excluding hydrogens is 350 g/mol. The van der Waals surface area contributed by atoms with Gasteiger partial charge in [-0.1, -0.05) is 32.0 Å². The lowest BCUT2D eigenvalue weighted by atomic mass is 9.90. The smallest absolute Gasteiger partial charge is 0.191 e. The van der Waals surface area contributed by atoms with Gasteiger partial charge in [-0.25, -0.2) is 0 Å². The molecule has 1 aromatic carbocycles. The Hall–Kier alpha value is -2.50. The van der Waals surface area contributed by atoms with Gasteiger partial charge in [-0.15, -0.1) is 0 Å². The Morgan fingerprint density at radius 3 is 2.71 bits per heavy atom. The van der Waals surface area contributed by atoms with E-state index in [2.05, 4.69) is 60.6 Å². The lowest BCUT2D eigenvalue weighted by Gasteiger charge is -2.38. The summed E-state index contributed by atoms with van der Waals surface area (Å²) in [6.07, 6.45) is 2.77. The van der Waals surface area contributed by atoms with Crippen molar-refractivity contribution < 1.29 is 4.74 Å². The van der Waals surface area contributed by atoms with Crippen LogP contribution < -0.4 is 15.4 Å². The Kier molecular flexibility index (Phi) is 5.96. The van der Waals surface area contributed by atoms with E-state index in [9.17, 15) is 0 Å². The van der Waals surface area contributed by atoms with Crippen LogP contribution in [0, 0.1) is 0 Å². The highest BCUT2D eigenvalue weighted by Gasteiger charge is 2.34. The topological polar surface area (TPSA) is 63.5 Å². The molecular formula is C22H33N5O. The quantitative estimate of drug-likeness (QED) is 0.613. The van der Waals surface area contributed by atoms with Gasteiger partial charge in [0, 0.05) is 43.9 Å². The van der Waals surface area contributed by atoms with Crippen LogP contribution in [0.3, 0.4) is 0 Å². The molecule has 0 saturated heterocycles. The number of rotatable bonds is 5. The number of guanidine groups is 1. The summed E-state index contributed by atoms with van der Waals surface area (Å²) < 4.78 is 8.15. The van der Waals surface area contributed by atoms with Crippen molar-refractivity contribution in [3.8, 4) is 5.75 Å². The Morgan fingerprint density at radius 1 is 1.29 bits per heavy atom. The first-order chi connectivity index (χ1) is 13.4. The van der Waals surface area contributed by atoms with Crippen LogP contribution in [0.2, 0.25) is 0 Å². The number of aromatic nitrogens is 2. The normalized spacial score (nSPS) is 18.4. The van der Waals surface area contributed by atoms with Gasteiger partial charge in [0.25, 0.3) is 0 Å². The number of para-hydroxylation sites is 1. The van der Waals surface area contributed by atoms with Crippen LogP contribution in [0.1, 0.15) is 62.7 Å². The second-order valence-corrected chi connectivity index (χ2v) is 7.93. The molecule has 6 nitrogen and oxygen atoms in total. The predicted molar refractivity (Wildman–Crippen MR) is 114 cm³/mol. The number of nitrogens with one attached hydrogen (secondary N) is 2. The molecule has 3 rings (SSSR count). The summed E-state index contributed by atoms with van der Waals surface area (Å²) >= 11 is 0. The number of nitrogens with zero attached hydrogens (tertiary/aromatic N) is 3. The fraction of sp³-hybridized carbons (Fsp3) is 0.545. The van der Waals surface area contributed by atoms with Crippen molar-refractivity contribution in [3.05, 3.63) is 46.8 Å². The minimum atomic E-state index is -0.223. The van der Waals surface area contributed by atoms with Crippen LogP contribution in [0.25, 0.3) is 0 Å². The van der Waals surface area contributed by atoms with E-state index in [4.69, 9.17) is 4.74 Å². The minimum absolute atomic E-state index is 0.149. The summed E-state index contributed by atoms with van der Waals surface area (Å²) in [7, 11) is 3.84. The Morgan fingerprint density at radius 2 is 2.04 bits per heavy atom. The highest BCUT2D eigenvalue weighted by molar-refractivity contribution is 5.80. The van der Waals surface area contributed by atoms with Crippen LogP contribution in [0.5, 0.6) is 5.75 Å². The summed E-state index contributed by atoms with van der Waals surface area (Å²) in [5.41, 5.74) is 4.66. The van der Waals surface area contributed by atoms with E-state index in [0.717, 1.165) is 36.7 Å². The van der Waals surface area contributed by atoms with Gasteiger partial charge < -0.3 is 15.4 Å². The van der Waals surface area contributed by atoms with Gasteiger partial charge in [0.1, 0.15) is 11.4 Å². The summed E-state index contributed by atoms with van der Waals surface area (Å²) in [4.78, 5) is 4.46. The van der Waals surface area contributed by atoms with E-state index in [1.165, 1.54) is 16.8 Å². The van der Waals surface area contributed by atoms with Gasteiger partial charge >= 0.3 is 0 Å². The van der Waals surface area contributed by atoms with Gasteiger partial charge in [0.2, 0.25) is 0 Å². The zero-order valence-corrected chi connectivity index (χ0v) is 18.0. The summed E-state index contributed by atoms with van der Waals surface area (Å²) in [5.74, 6) is 1.74. The molecule has 2 N–H and O–H groups in total. The van der Waals surface area contributed by atoms with E-state index in [1.54, 1.807) is 0 Å². The van der Waals surface area contributed by atoms with E-state index in [0.29, 0.717) is 6.54 Å². The van der Waals surface area contributed by atoms with Crippen LogP contribution in [0.4, 0.5) is 0 Å². The maximum atomic E-state index is 6.15. The molecule has 0 amide bonds. The third-order valence-electron chi connectivity index (χ3n) is 5.37. The van der Waals surface area contributed by atoms with Gasteiger partial charge in [0.05, 0.1) is 11.7 Å². The summed E-state index contributed by atoms with van der Waals surface area (Å²) in [6, 6.07) is 8.39. The molecule has 0 bridgehead atoms. The summed E-state index contributed by atoms with van der Waals surface area (Å²) in [6.45, 7) is 9.30. The lowest BCUT2D eigenvalue weighted by molar-refractivity contribution is 0.0694. The van der Waals surface area contributed by atoms with Crippen molar-refractivity contribution in [2.45, 2.75) is 65.1 Å². The third kappa shape index (κ3) is 4.16. The van der Waals surface area contributed by atoms with Crippen LogP contribution >= 0.6 is 0 Å². The fourth-order valence-corrected chi connectivity index (χ4v) is 4.06. The summed E-state index contributed by atoms with van der Waals surface area (Å²) in [5, 5.41) is 11.8. The highest BCUT2D eigenvalue weighted by atomic mass is 16.5. The molecule has 152 valence electrons. The standard InChI is InChI=1S/C22H33N5O/c1-7-17-16(19(8-2)27(6)26-17)14-24-21(23-5)25-18-13-22(3,4)28-20-12-10-9-11-15(18)20/h9-12,18H,7-8,13-14H2,1-6H3,(H2,23,24,25). The molecule has 28 heavy (non-hydrogen) atoms. The second-order valence-electron chi connectivity index (χ2n) is 7.93. The van der Waals surface area contributed by atoms with Gasteiger partial charge in [-0.3, -0.25) is 9.67 Å². The zero-order chi connectivity index (χ0) is 20.3. The average Bonchev–Trinajstić information content (AvgIpc) is 2.98. The number of hydrogen-bond acceptors (Lipinski definition) is 3. The first-order valence-corrected chi connectivity index (χ1v) is 10.2. The van der Waals surface area contributed by atoms with E-state index in [-0.39, 0.29) is 11.6 Å². The predicted octanol–water partition coefficient (Wildman–Crippen LogP) is 3.51. The molecule has 1 unspecified atom stereocenters. The maximum Gasteiger partial charge on any atom is 0.191 e. The second kappa shape index (κ2) is 8.25. The molecule has 0 spiro atoms. The van der Waals surface area contributed by atoms with E-state index in [1.807, 2.05) is 30.9 Å². The van der Waals surface area contributed by atoms with Crippen molar-refractivity contribution in [1.82, 2.24) is 20.4 Å². The van der Waals surface area contributed by atoms with Crippen molar-refractivity contribution in [1.29, 1.82) is 0 Å². The number of fused-ring (bicyclic) bond motifs is 1. The molecule has 0 saturated carbocycles. The van der Waals surface area contributed by atoms with Crippen LogP contribution in [-0.4, -0.2) is 28.4 Å². The monoisotopic (exact) mass is 383 g/mol. The van der Waals surface area contributed by atoms with Gasteiger partial charge in [0.15, 0.2) is 5.96 Å². The molecule has 2 aromatic rings. The molecule has 1 atom stereocenters. The molecule has 0 aliphatic carbocycles. The van der Waals surface area contributed by atoms with Gasteiger partial charge in [-0.05, 0) is 32.8 Å². The molecule has 1 aliphatic rings. The molecule has 0 radical (unpaired) electrons. The SMILES string of the molecule is CCc1nn(C)c(CC)c1CNC(=NC)NC1CC(C)(C)Oc2ccccc21. The van der Waals surface area contributed by atoms with E-state index < -0.39 is 0 Å². The first-order valence-electron chi connectivity index (χ1n) is 10.2. The number of ether oxygens (including phenoxy) is 1. The lowest BCUT2D eigenvalue weighted by Crippen LogP contribution is -2.45. The molecule has 0 fully saturated rings. The van der Waals surface area contributed by atoms with Crippen molar-refractivity contribution in [2.24, 2.45) is 12.0 Å². The third-order valence-corrected chi connectivity index (χ3v) is 5.37. The van der Waals surface area contributed by atoms with Crippen molar-refractivity contribution in [2.75, 3.05) is 7.05 Å². The molecule has 2 heterocycles. The van der Waals surface area contributed by atoms with E-state index >= 15 is 0 Å². The number of aryl methyl sites for hydroxylation is 2. The van der Waals surface area contributed by atoms with Crippen LogP contribution in [-0.2, 0) is 26.4 Å².